The smallest absolute Gasteiger partial charge is 0.251 e. The van der Waals surface area contributed by atoms with Crippen LogP contribution in [0.4, 0.5) is 0 Å². The summed E-state index contributed by atoms with van der Waals surface area (Å²) < 4.78 is 16.6. The number of benzene rings is 2. The number of nitrogens with one attached hydrogen (secondary N) is 1. The molecule has 0 aromatic heterocycles. The molecule has 1 saturated heterocycles. The van der Waals surface area contributed by atoms with Crippen molar-refractivity contribution < 1.29 is 19.0 Å². The highest BCUT2D eigenvalue weighted by molar-refractivity contribution is 5.94. The third-order valence-corrected chi connectivity index (χ3v) is 4.53. The van der Waals surface area contributed by atoms with Crippen LogP contribution >= 0.6 is 0 Å². The Kier molecular flexibility index (Phi) is 6.12. The summed E-state index contributed by atoms with van der Waals surface area (Å²) in [6.45, 7) is 3.31. The Morgan fingerprint density at radius 1 is 1.23 bits per heavy atom. The molecule has 0 spiro atoms. The minimum Gasteiger partial charge on any atom is -0.496 e. The Bertz CT molecular complexity index is 723. The summed E-state index contributed by atoms with van der Waals surface area (Å²) in [7, 11) is 1.63. The predicted octanol–water partition coefficient (Wildman–Crippen LogP) is 3.74. The number of para-hydroxylation sites is 1. The fourth-order valence-electron chi connectivity index (χ4n) is 3.05. The number of carbonyl (C=O) groups excluding carboxylic acids is 1. The summed E-state index contributed by atoms with van der Waals surface area (Å²) in [5, 5.41) is 3.00. The topological polar surface area (TPSA) is 56.8 Å². The second-order valence-electron chi connectivity index (χ2n) is 6.41. The van der Waals surface area contributed by atoms with E-state index in [1.165, 1.54) is 0 Å². The van der Waals surface area contributed by atoms with Crippen molar-refractivity contribution in [3.8, 4) is 11.5 Å². The third kappa shape index (κ3) is 4.55. The number of hydrogen-bond acceptors (Lipinski definition) is 4. The van der Waals surface area contributed by atoms with Crippen LogP contribution in [-0.4, -0.2) is 32.3 Å². The van der Waals surface area contributed by atoms with Gasteiger partial charge in [0.25, 0.3) is 5.91 Å². The van der Waals surface area contributed by atoms with E-state index in [2.05, 4.69) is 5.32 Å². The molecule has 5 nitrogen and oxygen atoms in total. The molecule has 26 heavy (non-hydrogen) atoms. The minimum absolute atomic E-state index is 0.130. The summed E-state index contributed by atoms with van der Waals surface area (Å²) in [6, 6.07) is 14.7. The van der Waals surface area contributed by atoms with Crippen LogP contribution in [-0.2, 0) is 4.74 Å². The van der Waals surface area contributed by atoms with E-state index in [-0.39, 0.29) is 18.1 Å². The minimum atomic E-state index is -0.158. The zero-order valence-corrected chi connectivity index (χ0v) is 15.2. The van der Waals surface area contributed by atoms with Crippen LogP contribution in [0.1, 0.15) is 41.7 Å². The second-order valence-corrected chi connectivity index (χ2v) is 6.41. The van der Waals surface area contributed by atoms with Crippen molar-refractivity contribution in [2.24, 2.45) is 0 Å². The van der Waals surface area contributed by atoms with Gasteiger partial charge in [-0.1, -0.05) is 18.2 Å². The van der Waals surface area contributed by atoms with Crippen molar-refractivity contribution in [2.75, 3.05) is 20.3 Å². The van der Waals surface area contributed by atoms with Crippen molar-refractivity contribution >= 4 is 5.91 Å². The molecule has 1 N–H and O–H groups in total. The van der Waals surface area contributed by atoms with Gasteiger partial charge in [-0.2, -0.15) is 0 Å². The molecule has 1 amide bonds. The van der Waals surface area contributed by atoms with Crippen LogP contribution in [0.5, 0.6) is 11.5 Å². The van der Waals surface area contributed by atoms with Crippen LogP contribution in [0, 0.1) is 0 Å². The van der Waals surface area contributed by atoms with Crippen molar-refractivity contribution in [3.63, 3.8) is 0 Å². The van der Waals surface area contributed by atoms with E-state index in [0.29, 0.717) is 12.2 Å². The van der Waals surface area contributed by atoms with Gasteiger partial charge in [0.15, 0.2) is 0 Å². The zero-order valence-electron chi connectivity index (χ0n) is 15.2. The molecule has 2 aromatic carbocycles. The summed E-state index contributed by atoms with van der Waals surface area (Å²) >= 11 is 0. The van der Waals surface area contributed by atoms with Crippen molar-refractivity contribution in [1.29, 1.82) is 0 Å². The first-order valence-electron chi connectivity index (χ1n) is 8.95. The van der Waals surface area contributed by atoms with Gasteiger partial charge in [0.05, 0.1) is 19.3 Å². The van der Waals surface area contributed by atoms with E-state index in [1.54, 1.807) is 19.2 Å². The van der Waals surface area contributed by atoms with E-state index >= 15 is 0 Å². The molecule has 2 atom stereocenters. The molecule has 0 radical (unpaired) electrons. The van der Waals surface area contributed by atoms with Crippen molar-refractivity contribution in [2.45, 2.75) is 31.9 Å². The lowest BCUT2D eigenvalue weighted by atomic mass is 10.1. The maximum absolute atomic E-state index is 12.5. The molecule has 138 valence electrons. The maximum Gasteiger partial charge on any atom is 0.251 e. The first-order valence-corrected chi connectivity index (χ1v) is 8.95. The molecule has 5 heteroatoms. The number of carbonyl (C=O) groups is 1. The number of methoxy groups -OCH3 is 1. The van der Waals surface area contributed by atoms with Crippen LogP contribution in [0.25, 0.3) is 0 Å². The molecular weight excluding hydrogens is 330 g/mol. The van der Waals surface area contributed by atoms with E-state index in [0.717, 1.165) is 36.5 Å². The average molecular weight is 355 g/mol. The highest BCUT2D eigenvalue weighted by Crippen LogP contribution is 2.24. The number of hydrogen-bond donors (Lipinski definition) is 1. The molecule has 3 rings (SSSR count). The molecule has 0 bridgehead atoms. The normalized spacial score (nSPS) is 17.5. The summed E-state index contributed by atoms with van der Waals surface area (Å²) in [5.41, 5.74) is 1.54. The van der Waals surface area contributed by atoms with Gasteiger partial charge < -0.3 is 19.5 Å². The fraction of sp³-hybridized carbons (Fsp3) is 0.381. The van der Waals surface area contributed by atoms with Gasteiger partial charge in [0.2, 0.25) is 0 Å². The molecule has 0 aliphatic carbocycles. The van der Waals surface area contributed by atoms with Gasteiger partial charge in [-0.05, 0) is 50.1 Å². The van der Waals surface area contributed by atoms with E-state index < -0.39 is 0 Å². The Balaban J connectivity index is 1.57. The SMILES string of the molecule is COc1ccccc1C(C)NC(=O)c1ccc(OCC2CCCO2)cc1. The summed E-state index contributed by atoms with van der Waals surface area (Å²) in [5.74, 6) is 1.38. The molecular formula is C21H25NO4. The lowest BCUT2D eigenvalue weighted by Gasteiger charge is -2.17. The molecule has 2 unspecified atom stereocenters. The van der Waals surface area contributed by atoms with Crippen LogP contribution in [0.15, 0.2) is 48.5 Å². The standard InChI is InChI=1S/C21H25NO4/c1-15(19-7-3-4-8-20(19)24-2)22-21(23)16-9-11-17(12-10-16)26-14-18-6-5-13-25-18/h3-4,7-12,15,18H,5-6,13-14H2,1-2H3,(H,22,23). The first kappa shape index (κ1) is 18.3. The van der Waals surface area contributed by atoms with Gasteiger partial charge in [-0.15, -0.1) is 0 Å². The Morgan fingerprint density at radius 3 is 2.69 bits per heavy atom. The van der Waals surface area contributed by atoms with Crippen LogP contribution in [0.2, 0.25) is 0 Å². The third-order valence-electron chi connectivity index (χ3n) is 4.53. The molecule has 1 fully saturated rings. The number of amides is 1. The van der Waals surface area contributed by atoms with Crippen LogP contribution < -0.4 is 14.8 Å². The number of rotatable bonds is 7. The van der Waals surface area contributed by atoms with E-state index in [4.69, 9.17) is 14.2 Å². The zero-order chi connectivity index (χ0) is 18.4. The van der Waals surface area contributed by atoms with Gasteiger partial charge in [-0.25, -0.2) is 0 Å². The second kappa shape index (κ2) is 8.72. The summed E-state index contributed by atoms with van der Waals surface area (Å²) in [4.78, 5) is 12.5. The van der Waals surface area contributed by atoms with Crippen molar-refractivity contribution in [3.05, 3.63) is 59.7 Å². The highest BCUT2D eigenvalue weighted by atomic mass is 16.5. The van der Waals surface area contributed by atoms with Gasteiger partial charge >= 0.3 is 0 Å². The van der Waals surface area contributed by atoms with Gasteiger partial charge in [-0.3, -0.25) is 4.79 Å². The molecule has 1 heterocycles. The molecule has 1 aliphatic rings. The largest absolute Gasteiger partial charge is 0.496 e. The maximum atomic E-state index is 12.5. The Morgan fingerprint density at radius 2 is 2.00 bits per heavy atom. The lowest BCUT2D eigenvalue weighted by molar-refractivity contribution is 0.0679. The van der Waals surface area contributed by atoms with E-state index in [9.17, 15) is 4.79 Å². The molecule has 2 aromatic rings. The van der Waals surface area contributed by atoms with E-state index in [1.807, 2.05) is 43.3 Å². The van der Waals surface area contributed by atoms with Crippen LogP contribution in [0.3, 0.4) is 0 Å². The molecule has 1 aliphatic heterocycles. The van der Waals surface area contributed by atoms with Gasteiger partial charge in [0.1, 0.15) is 18.1 Å². The number of ether oxygens (including phenoxy) is 3. The van der Waals surface area contributed by atoms with Crippen molar-refractivity contribution in [1.82, 2.24) is 5.32 Å². The monoisotopic (exact) mass is 355 g/mol. The Hall–Kier alpha value is -2.53. The first-order chi connectivity index (χ1) is 12.7. The predicted molar refractivity (Wildman–Crippen MR) is 99.8 cm³/mol. The fourth-order valence-corrected chi connectivity index (χ4v) is 3.05. The average Bonchev–Trinajstić information content (AvgIpc) is 3.20. The summed E-state index contributed by atoms with van der Waals surface area (Å²) in [6.07, 6.45) is 2.32. The van der Waals surface area contributed by atoms with Gasteiger partial charge in [0, 0.05) is 17.7 Å². The molecule has 0 saturated carbocycles. The highest BCUT2D eigenvalue weighted by Gasteiger charge is 2.17. The Labute approximate surface area is 154 Å². The lowest BCUT2D eigenvalue weighted by Crippen LogP contribution is -2.26. The quantitative estimate of drug-likeness (QED) is 0.822.